The molecule has 7 nitrogen and oxygen atoms in total. The van der Waals surface area contributed by atoms with Crippen LogP contribution < -0.4 is 11.1 Å². The minimum atomic E-state index is -4.52. The Morgan fingerprint density at radius 1 is 1.09 bits per heavy atom. The number of piperidine rings is 1. The van der Waals surface area contributed by atoms with E-state index in [2.05, 4.69) is 15.3 Å². The third kappa shape index (κ3) is 5.86. The lowest BCUT2D eigenvalue weighted by atomic mass is 9.94. The first-order chi connectivity index (χ1) is 16.6. The number of nitrogens with zero attached hydrogens (tertiary/aromatic N) is 3. The Kier molecular flexibility index (Phi) is 6.88. The smallest absolute Gasteiger partial charge is 0.416 e. The van der Waals surface area contributed by atoms with E-state index in [1.54, 1.807) is 6.07 Å². The number of carbonyl (C=O) groups is 1. The zero-order valence-corrected chi connectivity index (χ0v) is 18.5. The fraction of sp³-hybridized carbons (Fsp3) is 0.292. The van der Waals surface area contributed by atoms with Crippen molar-refractivity contribution >= 4 is 11.9 Å². The van der Waals surface area contributed by atoms with E-state index in [4.69, 9.17) is 10.8 Å². The Labute approximate surface area is 198 Å². The number of nitrogen functional groups attached to an aromatic ring is 1. The zero-order valence-electron chi connectivity index (χ0n) is 18.5. The van der Waals surface area contributed by atoms with E-state index in [9.17, 15) is 22.4 Å². The molecular formula is C24H23F4N5O2. The molecule has 1 aliphatic heterocycles. The van der Waals surface area contributed by atoms with Gasteiger partial charge < -0.3 is 16.2 Å². The number of likely N-dealkylation sites (tertiary alicyclic amines) is 1. The third-order valence-corrected chi connectivity index (χ3v) is 5.97. The van der Waals surface area contributed by atoms with Gasteiger partial charge in [-0.05, 0) is 53.8 Å². The van der Waals surface area contributed by atoms with Gasteiger partial charge in [-0.25, -0.2) is 14.2 Å². The molecule has 1 aromatic heterocycles. The van der Waals surface area contributed by atoms with Gasteiger partial charge >= 0.3 is 12.3 Å². The van der Waals surface area contributed by atoms with Crippen LogP contribution in [0.15, 0.2) is 48.8 Å². The molecule has 0 saturated carbocycles. The largest absolute Gasteiger partial charge is 0.465 e. The average Bonchev–Trinajstić information content (AvgIpc) is 2.80. The highest BCUT2D eigenvalue weighted by molar-refractivity contribution is 5.72. The molecule has 2 heterocycles. The molecule has 1 amide bonds. The number of anilines is 1. The Balaban J connectivity index is 1.63. The number of rotatable bonds is 5. The van der Waals surface area contributed by atoms with Crippen LogP contribution in [0.2, 0.25) is 0 Å². The normalized spacial score (nSPS) is 15.2. The van der Waals surface area contributed by atoms with Crippen LogP contribution in [-0.4, -0.2) is 45.2 Å². The molecule has 3 aromatic rings. The molecule has 0 bridgehead atoms. The van der Waals surface area contributed by atoms with Crippen molar-refractivity contribution in [1.82, 2.24) is 20.2 Å². The van der Waals surface area contributed by atoms with Gasteiger partial charge in [0.1, 0.15) is 11.6 Å². The van der Waals surface area contributed by atoms with Crippen molar-refractivity contribution in [2.24, 2.45) is 0 Å². The van der Waals surface area contributed by atoms with E-state index in [1.165, 1.54) is 30.6 Å². The standard InChI is InChI=1S/C24H23F4N5O2/c25-20-10-14(1-3-19(20)21-11-31-22(29)12-30-21)18-4-2-16(24(26,27)28)9-15(18)13-33-7-5-17(6-8-33)32-23(34)35/h1-4,9-12,17,32H,5-8,13H2,(H2,29,31)(H,34,35). The van der Waals surface area contributed by atoms with Crippen LogP contribution in [0.5, 0.6) is 0 Å². The Morgan fingerprint density at radius 2 is 1.80 bits per heavy atom. The average molecular weight is 489 g/mol. The first-order valence-corrected chi connectivity index (χ1v) is 10.9. The highest BCUT2D eigenvalue weighted by Crippen LogP contribution is 2.35. The quantitative estimate of drug-likeness (QED) is 0.446. The number of nitrogens with two attached hydrogens (primary N) is 1. The van der Waals surface area contributed by atoms with E-state index in [0.29, 0.717) is 42.6 Å². The fourth-order valence-corrected chi connectivity index (χ4v) is 4.20. The number of hydrogen-bond acceptors (Lipinski definition) is 5. The summed E-state index contributed by atoms with van der Waals surface area (Å²) in [5, 5.41) is 11.3. The van der Waals surface area contributed by atoms with Crippen molar-refractivity contribution < 1.29 is 27.5 Å². The van der Waals surface area contributed by atoms with Gasteiger partial charge in [-0.15, -0.1) is 0 Å². The molecule has 0 radical (unpaired) electrons. The van der Waals surface area contributed by atoms with Crippen LogP contribution in [0.4, 0.5) is 28.2 Å². The van der Waals surface area contributed by atoms with Gasteiger partial charge in [0.25, 0.3) is 0 Å². The minimum Gasteiger partial charge on any atom is -0.465 e. The van der Waals surface area contributed by atoms with E-state index in [-0.39, 0.29) is 29.7 Å². The van der Waals surface area contributed by atoms with Crippen molar-refractivity contribution in [3.05, 3.63) is 65.7 Å². The lowest BCUT2D eigenvalue weighted by molar-refractivity contribution is -0.137. The Bertz CT molecular complexity index is 1210. The van der Waals surface area contributed by atoms with Gasteiger partial charge in [0, 0.05) is 31.2 Å². The monoisotopic (exact) mass is 489 g/mol. The highest BCUT2D eigenvalue weighted by atomic mass is 19.4. The summed E-state index contributed by atoms with van der Waals surface area (Å²) in [5.74, 6) is -0.393. The molecule has 4 N–H and O–H groups in total. The zero-order chi connectivity index (χ0) is 25.2. The highest BCUT2D eigenvalue weighted by Gasteiger charge is 2.31. The van der Waals surface area contributed by atoms with Crippen molar-refractivity contribution in [2.75, 3.05) is 18.8 Å². The summed E-state index contributed by atoms with van der Waals surface area (Å²) in [6.07, 6.45) is -1.86. The van der Waals surface area contributed by atoms with E-state index < -0.39 is 23.7 Å². The second-order valence-corrected chi connectivity index (χ2v) is 8.39. The van der Waals surface area contributed by atoms with Gasteiger partial charge in [-0.3, -0.25) is 9.88 Å². The maximum Gasteiger partial charge on any atom is 0.416 e. The number of aromatic nitrogens is 2. The lowest BCUT2D eigenvalue weighted by Crippen LogP contribution is -2.43. The van der Waals surface area contributed by atoms with E-state index >= 15 is 0 Å². The van der Waals surface area contributed by atoms with Crippen molar-refractivity contribution in [2.45, 2.75) is 31.6 Å². The molecule has 1 aliphatic rings. The lowest BCUT2D eigenvalue weighted by Gasteiger charge is -2.32. The summed E-state index contributed by atoms with van der Waals surface area (Å²) in [6, 6.07) is 7.65. The maximum absolute atomic E-state index is 15.0. The molecule has 1 fully saturated rings. The summed E-state index contributed by atoms with van der Waals surface area (Å²) in [7, 11) is 0. The van der Waals surface area contributed by atoms with Gasteiger partial charge in [0.05, 0.1) is 23.7 Å². The minimum absolute atomic E-state index is 0.192. The van der Waals surface area contributed by atoms with Crippen molar-refractivity contribution in [3.8, 4) is 22.4 Å². The number of alkyl halides is 3. The topological polar surface area (TPSA) is 104 Å². The molecule has 0 atom stereocenters. The molecule has 0 spiro atoms. The summed E-state index contributed by atoms with van der Waals surface area (Å²) in [4.78, 5) is 20.8. The second-order valence-electron chi connectivity index (χ2n) is 8.39. The maximum atomic E-state index is 15.0. The number of nitrogens with one attached hydrogen (secondary N) is 1. The third-order valence-electron chi connectivity index (χ3n) is 5.97. The summed E-state index contributed by atoms with van der Waals surface area (Å²) in [5.41, 5.74) is 6.55. The predicted molar refractivity (Wildman–Crippen MR) is 122 cm³/mol. The molecule has 184 valence electrons. The summed E-state index contributed by atoms with van der Waals surface area (Å²) >= 11 is 0. The van der Waals surface area contributed by atoms with Gasteiger partial charge in [0.15, 0.2) is 0 Å². The fourth-order valence-electron chi connectivity index (χ4n) is 4.20. The number of halogens is 4. The van der Waals surface area contributed by atoms with E-state index in [1.807, 2.05) is 4.90 Å². The predicted octanol–water partition coefficient (Wildman–Crippen LogP) is 4.78. The van der Waals surface area contributed by atoms with Crippen LogP contribution >= 0.6 is 0 Å². The van der Waals surface area contributed by atoms with Crippen LogP contribution in [0.25, 0.3) is 22.4 Å². The molecule has 1 saturated heterocycles. The molecule has 11 heteroatoms. The number of benzene rings is 2. The number of carboxylic acid groups (broad SMARTS) is 1. The van der Waals surface area contributed by atoms with Crippen LogP contribution in [-0.2, 0) is 12.7 Å². The summed E-state index contributed by atoms with van der Waals surface area (Å²) in [6.45, 7) is 1.25. The SMILES string of the molecule is Nc1cnc(-c2ccc(-c3ccc(C(F)(F)F)cc3CN3CCC(NC(=O)O)CC3)cc2F)cn1. The molecule has 2 aromatic carbocycles. The van der Waals surface area contributed by atoms with Crippen LogP contribution in [0.1, 0.15) is 24.0 Å². The van der Waals surface area contributed by atoms with Crippen LogP contribution in [0, 0.1) is 5.82 Å². The number of amides is 1. The van der Waals surface area contributed by atoms with Gasteiger partial charge in [-0.2, -0.15) is 13.2 Å². The summed E-state index contributed by atoms with van der Waals surface area (Å²) < 4.78 is 55.3. The molecule has 35 heavy (non-hydrogen) atoms. The molecule has 0 unspecified atom stereocenters. The Morgan fingerprint density at radius 3 is 2.40 bits per heavy atom. The molecule has 4 rings (SSSR count). The first kappa shape index (κ1) is 24.4. The van der Waals surface area contributed by atoms with Crippen molar-refractivity contribution in [1.29, 1.82) is 0 Å². The first-order valence-electron chi connectivity index (χ1n) is 10.9. The molecular weight excluding hydrogens is 466 g/mol. The second kappa shape index (κ2) is 9.87. The number of hydrogen-bond donors (Lipinski definition) is 3. The van der Waals surface area contributed by atoms with Crippen LogP contribution in [0.3, 0.4) is 0 Å². The van der Waals surface area contributed by atoms with Crippen molar-refractivity contribution in [3.63, 3.8) is 0 Å². The molecule has 0 aliphatic carbocycles. The Hall–Kier alpha value is -3.73. The van der Waals surface area contributed by atoms with Gasteiger partial charge in [0.2, 0.25) is 0 Å². The van der Waals surface area contributed by atoms with E-state index in [0.717, 1.165) is 12.1 Å². The van der Waals surface area contributed by atoms with Gasteiger partial charge in [-0.1, -0.05) is 12.1 Å².